The average Bonchev–Trinajstić information content (AvgIpc) is 2.71. The van der Waals surface area contributed by atoms with Crippen LogP contribution in [0.25, 0.3) is 0 Å². The minimum atomic E-state index is 0. The highest BCUT2D eigenvalue weighted by atomic mass is 127. The number of anilines is 1. The molecule has 1 aromatic rings. The first kappa shape index (κ1) is 25.9. The maximum Gasteiger partial charge on any atom is 0.191 e. The Bertz CT molecular complexity index is 588. The fourth-order valence-electron chi connectivity index (χ4n) is 3.00. The van der Waals surface area contributed by atoms with Crippen molar-refractivity contribution in [1.82, 2.24) is 15.6 Å². The number of pyridine rings is 1. The lowest BCUT2D eigenvalue weighted by molar-refractivity contribution is 0.0529. The molecule has 1 saturated heterocycles. The zero-order valence-corrected chi connectivity index (χ0v) is 20.5. The Morgan fingerprint density at radius 2 is 2.14 bits per heavy atom. The second-order valence-corrected chi connectivity index (χ2v) is 7.09. The van der Waals surface area contributed by atoms with Crippen molar-refractivity contribution in [2.24, 2.45) is 4.99 Å². The average molecular weight is 519 g/mol. The van der Waals surface area contributed by atoms with Crippen LogP contribution in [0.1, 0.15) is 45.6 Å². The van der Waals surface area contributed by atoms with Crippen molar-refractivity contribution in [3.05, 3.63) is 23.9 Å². The number of aliphatic imine (C=N–C) groups is 1. The number of hydrogen-bond donors (Lipinski definition) is 2. The molecule has 0 aliphatic carbocycles. The molecule has 1 aliphatic heterocycles. The Labute approximate surface area is 193 Å². The number of halogens is 1. The third-order valence-electron chi connectivity index (χ3n) is 4.54. The second kappa shape index (κ2) is 15.7. The van der Waals surface area contributed by atoms with Gasteiger partial charge in [0.25, 0.3) is 0 Å². The summed E-state index contributed by atoms with van der Waals surface area (Å²) in [6.07, 6.45) is 5.40. The maximum absolute atomic E-state index is 5.62. The molecule has 0 bridgehead atoms. The molecule has 0 saturated carbocycles. The van der Waals surface area contributed by atoms with Crippen LogP contribution in [-0.4, -0.2) is 63.0 Å². The summed E-state index contributed by atoms with van der Waals surface area (Å²) in [5.74, 6) is 1.85. The highest BCUT2D eigenvalue weighted by molar-refractivity contribution is 14.0. The molecule has 2 heterocycles. The quantitative estimate of drug-likeness (QED) is 0.203. The maximum atomic E-state index is 5.62. The van der Waals surface area contributed by atoms with Crippen LogP contribution in [0, 0.1) is 0 Å². The zero-order valence-electron chi connectivity index (χ0n) is 18.2. The second-order valence-electron chi connectivity index (χ2n) is 7.09. The van der Waals surface area contributed by atoms with Gasteiger partial charge in [0.05, 0.1) is 19.3 Å². The Balaban J connectivity index is 0.00000420. The number of nitrogens with zero attached hydrogens (tertiary/aromatic N) is 3. The van der Waals surface area contributed by atoms with E-state index >= 15 is 0 Å². The zero-order chi connectivity index (χ0) is 20.0. The normalized spacial score (nSPS) is 17.0. The summed E-state index contributed by atoms with van der Waals surface area (Å²) in [5.41, 5.74) is 1.16. The molecule has 166 valence electrons. The molecule has 8 heteroatoms. The molecule has 0 spiro atoms. The molecule has 0 radical (unpaired) electrons. The van der Waals surface area contributed by atoms with E-state index < -0.39 is 0 Å². The predicted octanol–water partition coefficient (Wildman–Crippen LogP) is 3.19. The molecule has 29 heavy (non-hydrogen) atoms. The van der Waals surface area contributed by atoms with Crippen molar-refractivity contribution in [1.29, 1.82) is 0 Å². The molecule has 1 atom stereocenters. The first-order valence-electron chi connectivity index (χ1n) is 10.6. The van der Waals surface area contributed by atoms with Crippen LogP contribution < -0.4 is 15.5 Å². The predicted molar refractivity (Wildman–Crippen MR) is 130 cm³/mol. The van der Waals surface area contributed by atoms with Gasteiger partial charge in [-0.05, 0) is 44.4 Å². The van der Waals surface area contributed by atoms with Crippen LogP contribution in [-0.2, 0) is 16.0 Å². The highest BCUT2D eigenvalue weighted by Gasteiger charge is 2.17. The fourth-order valence-corrected chi connectivity index (χ4v) is 3.00. The van der Waals surface area contributed by atoms with Crippen molar-refractivity contribution in [2.45, 2.75) is 52.7 Å². The van der Waals surface area contributed by atoms with E-state index in [9.17, 15) is 0 Å². The van der Waals surface area contributed by atoms with Crippen LogP contribution in [0.2, 0.25) is 0 Å². The third-order valence-corrected chi connectivity index (χ3v) is 4.54. The van der Waals surface area contributed by atoms with Crippen molar-refractivity contribution in [3.8, 4) is 0 Å². The monoisotopic (exact) mass is 519 g/mol. The minimum absolute atomic E-state index is 0. The molecule has 1 unspecified atom stereocenters. The van der Waals surface area contributed by atoms with Crippen LogP contribution >= 0.6 is 24.0 Å². The number of hydrogen-bond acceptors (Lipinski definition) is 5. The van der Waals surface area contributed by atoms with Crippen LogP contribution in [0.4, 0.5) is 5.82 Å². The largest absolute Gasteiger partial charge is 0.381 e. The number of rotatable bonds is 11. The standard InChI is InChI=1S/C21H37N5O2.HI/c1-4-6-12-27-13-7-9-24-21(22-5-2)25-16-19-8-10-23-20(15-19)26-11-14-28-18(3)17-26;/h8,10,15,18H,4-7,9,11-14,16-17H2,1-3H3,(H2,22,24,25);1H. The molecule has 7 nitrogen and oxygen atoms in total. The summed E-state index contributed by atoms with van der Waals surface area (Å²) in [6, 6.07) is 4.16. The lowest BCUT2D eigenvalue weighted by atomic mass is 10.2. The Morgan fingerprint density at radius 3 is 2.90 bits per heavy atom. The van der Waals surface area contributed by atoms with Crippen molar-refractivity contribution >= 4 is 35.8 Å². The Kier molecular flexibility index (Phi) is 14.0. The Hall–Kier alpha value is -1.13. The minimum Gasteiger partial charge on any atom is -0.381 e. The van der Waals surface area contributed by atoms with Crippen molar-refractivity contribution in [2.75, 3.05) is 50.9 Å². The van der Waals surface area contributed by atoms with Crippen LogP contribution in [0.15, 0.2) is 23.3 Å². The van der Waals surface area contributed by atoms with Gasteiger partial charge in [0.1, 0.15) is 5.82 Å². The molecule has 1 aliphatic rings. The van der Waals surface area contributed by atoms with E-state index in [4.69, 9.17) is 14.5 Å². The molecular formula is C21H38IN5O2. The van der Waals surface area contributed by atoms with Gasteiger partial charge in [0, 0.05) is 45.6 Å². The van der Waals surface area contributed by atoms with Gasteiger partial charge >= 0.3 is 0 Å². The molecule has 2 rings (SSSR count). The summed E-state index contributed by atoms with van der Waals surface area (Å²) < 4.78 is 11.2. The van der Waals surface area contributed by atoms with E-state index in [1.807, 2.05) is 12.3 Å². The third kappa shape index (κ3) is 10.5. The highest BCUT2D eigenvalue weighted by Crippen LogP contribution is 2.16. The van der Waals surface area contributed by atoms with Gasteiger partial charge in [-0.15, -0.1) is 24.0 Å². The van der Waals surface area contributed by atoms with E-state index in [1.165, 1.54) is 6.42 Å². The molecule has 0 amide bonds. The summed E-state index contributed by atoms with van der Waals surface area (Å²) in [4.78, 5) is 11.5. The molecule has 1 fully saturated rings. The number of ether oxygens (including phenoxy) is 2. The first-order valence-corrected chi connectivity index (χ1v) is 10.6. The molecule has 0 aromatic carbocycles. The van der Waals surface area contributed by atoms with Crippen molar-refractivity contribution in [3.63, 3.8) is 0 Å². The summed E-state index contributed by atoms with van der Waals surface area (Å²) in [5, 5.41) is 6.69. The lowest BCUT2D eigenvalue weighted by Gasteiger charge is -2.32. The SMILES string of the molecule is CCCCOCCCNC(=NCc1ccnc(N2CCOC(C)C2)c1)NCC.I. The van der Waals surface area contributed by atoms with Gasteiger partial charge in [0.2, 0.25) is 0 Å². The number of morpholine rings is 1. The van der Waals surface area contributed by atoms with Gasteiger partial charge in [-0.1, -0.05) is 13.3 Å². The number of nitrogens with one attached hydrogen (secondary N) is 2. The number of aromatic nitrogens is 1. The smallest absolute Gasteiger partial charge is 0.191 e. The number of unbranched alkanes of at least 4 members (excludes halogenated alkanes) is 1. The summed E-state index contributed by atoms with van der Waals surface area (Å²) in [6.45, 7) is 12.8. The topological polar surface area (TPSA) is 71.0 Å². The molecule has 2 N–H and O–H groups in total. The van der Waals surface area contributed by atoms with Gasteiger partial charge < -0.3 is 25.0 Å². The number of guanidine groups is 1. The fraction of sp³-hybridized carbons (Fsp3) is 0.714. The van der Waals surface area contributed by atoms with Crippen molar-refractivity contribution < 1.29 is 9.47 Å². The van der Waals surface area contributed by atoms with Crippen LogP contribution in [0.5, 0.6) is 0 Å². The van der Waals surface area contributed by atoms with E-state index in [1.54, 1.807) is 0 Å². The van der Waals surface area contributed by atoms with Gasteiger partial charge in [0.15, 0.2) is 5.96 Å². The van der Waals surface area contributed by atoms with E-state index in [0.717, 1.165) is 76.2 Å². The van der Waals surface area contributed by atoms with Crippen LogP contribution in [0.3, 0.4) is 0 Å². The van der Waals surface area contributed by atoms with E-state index in [-0.39, 0.29) is 30.1 Å². The molecular weight excluding hydrogens is 481 g/mol. The van der Waals surface area contributed by atoms with Gasteiger partial charge in [-0.25, -0.2) is 9.98 Å². The molecule has 1 aromatic heterocycles. The summed E-state index contributed by atoms with van der Waals surface area (Å²) >= 11 is 0. The lowest BCUT2D eigenvalue weighted by Crippen LogP contribution is -2.41. The van der Waals surface area contributed by atoms with Gasteiger partial charge in [-0.3, -0.25) is 0 Å². The van der Waals surface area contributed by atoms with Gasteiger partial charge in [-0.2, -0.15) is 0 Å². The first-order chi connectivity index (χ1) is 13.7. The van der Waals surface area contributed by atoms with E-state index in [0.29, 0.717) is 6.54 Å². The summed E-state index contributed by atoms with van der Waals surface area (Å²) in [7, 11) is 0. The Morgan fingerprint density at radius 1 is 1.31 bits per heavy atom. The van der Waals surface area contributed by atoms with E-state index in [2.05, 4.69) is 47.4 Å².